The summed E-state index contributed by atoms with van der Waals surface area (Å²) in [4.78, 5) is 11.6. The Kier molecular flexibility index (Phi) is 6.58. The Morgan fingerprint density at radius 3 is 2.58 bits per heavy atom. The summed E-state index contributed by atoms with van der Waals surface area (Å²) in [5.74, 6) is 0.697. The summed E-state index contributed by atoms with van der Waals surface area (Å²) < 4.78 is 10.5. The van der Waals surface area contributed by atoms with Crippen LogP contribution in [-0.2, 0) is 9.47 Å². The van der Waals surface area contributed by atoms with Gasteiger partial charge in [0.15, 0.2) is 0 Å². The number of carbonyl (C=O) groups excluding carboxylic acids is 1. The summed E-state index contributed by atoms with van der Waals surface area (Å²) in [5, 5.41) is 6.22. The third-order valence-corrected chi connectivity index (χ3v) is 2.99. The number of ether oxygens (including phenoxy) is 2. The van der Waals surface area contributed by atoms with E-state index in [1.54, 1.807) is 0 Å². The molecule has 19 heavy (non-hydrogen) atoms. The van der Waals surface area contributed by atoms with Crippen molar-refractivity contribution in [2.45, 2.75) is 52.2 Å². The van der Waals surface area contributed by atoms with Gasteiger partial charge in [-0.05, 0) is 53.0 Å². The molecule has 0 aromatic rings. The normalized spacial score (nSPS) is 18.9. The van der Waals surface area contributed by atoms with Gasteiger partial charge in [0.2, 0.25) is 0 Å². The number of hydrogen-bond donors (Lipinski definition) is 2. The van der Waals surface area contributed by atoms with E-state index < -0.39 is 5.60 Å². The molecule has 0 saturated carbocycles. The van der Waals surface area contributed by atoms with Crippen LogP contribution in [0.15, 0.2) is 0 Å². The SMILES string of the molecule is CC(CNCC1CCOCC1)NC(=O)OC(C)(C)C. The molecule has 5 heteroatoms. The molecule has 2 N–H and O–H groups in total. The van der Waals surface area contributed by atoms with E-state index in [0.717, 1.165) is 39.1 Å². The molecule has 1 rings (SSSR count). The van der Waals surface area contributed by atoms with Gasteiger partial charge < -0.3 is 20.1 Å². The lowest BCUT2D eigenvalue weighted by Gasteiger charge is -2.24. The van der Waals surface area contributed by atoms with Crippen LogP contribution < -0.4 is 10.6 Å². The van der Waals surface area contributed by atoms with E-state index in [-0.39, 0.29) is 12.1 Å². The van der Waals surface area contributed by atoms with Crippen molar-refractivity contribution in [3.05, 3.63) is 0 Å². The summed E-state index contributed by atoms with van der Waals surface area (Å²) in [7, 11) is 0. The van der Waals surface area contributed by atoms with Crippen LogP contribution in [0.5, 0.6) is 0 Å². The first kappa shape index (κ1) is 16.2. The van der Waals surface area contributed by atoms with Crippen LogP contribution in [0, 0.1) is 5.92 Å². The molecule has 1 atom stereocenters. The first-order chi connectivity index (χ1) is 8.87. The second-order valence-corrected chi connectivity index (χ2v) is 6.26. The molecule has 1 amide bonds. The summed E-state index contributed by atoms with van der Waals surface area (Å²) >= 11 is 0. The van der Waals surface area contributed by atoms with Crippen molar-refractivity contribution in [2.24, 2.45) is 5.92 Å². The molecule has 1 aliphatic heterocycles. The predicted octanol–water partition coefficient (Wildman–Crippen LogP) is 1.92. The third-order valence-electron chi connectivity index (χ3n) is 2.99. The maximum absolute atomic E-state index is 11.6. The number of alkyl carbamates (subject to hydrolysis) is 1. The zero-order valence-corrected chi connectivity index (χ0v) is 12.6. The molecule has 1 saturated heterocycles. The van der Waals surface area contributed by atoms with Crippen LogP contribution >= 0.6 is 0 Å². The number of rotatable bonds is 5. The largest absolute Gasteiger partial charge is 0.444 e. The monoisotopic (exact) mass is 272 g/mol. The fraction of sp³-hybridized carbons (Fsp3) is 0.929. The van der Waals surface area contributed by atoms with Crippen molar-refractivity contribution in [3.63, 3.8) is 0 Å². The van der Waals surface area contributed by atoms with Gasteiger partial charge in [0.25, 0.3) is 0 Å². The molecule has 0 aromatic carbocycles. The van der Waals surface area contributed by atoms with Gasteiger partial charge in [0, 0.05) is 25.8 Å². The van der Waals surface area contributed by atoms with Crippen molar-refractivity contribution in [1.82, 2.24) is 10.6 Å². The van der Waals surface area contributed by atoms with Crippen LogP contribution in [0.4, 0.5) is 4.79 Å². The Bertz CT molecular complexity index is 270. The van der Waals surface area contributed by atoms with E-state index in [2.05, 4.69) is 10.6 Å². The number of amides is 1. The molecule has 5 nitrogen and oxygen atoms in total. The van der Waals surface area contributed by atoms with Crippen LogP contribution in [0.2, 0.25) is 0 Å². The second kappa shape index (κ2) is 7.70. The van der Waals surface area contributed by atoms with E-state index in [0.29, 0.717) is 5.92 Å². The number of carbonyl (C=O) groups is 1. The summed E-state index contributed by atoms with van der Waals surface area (Å²) in [6.45, 7) is 11.1. The average molecular weight is 272 g/mol. The highest BCUT2D eigenvalue weighted by Gasteiger charge is 2.18. The van der Waals surface area contributed by atoms with E-state index in [9.17, 15) is 4.79 Å². The van der Waals surface area contributed by atoms with Crippen LogP contribution in [0.3, 0.4) is 0 Å². The Labute approximate surface area is 116 Å². The molecule has 1 fully saturated rings. The summed E-state index contributed by atoms with van der Waals surface area (Å²) in [5.41, 5.74) is -0.445. The molecule has 112 valence electrons. The molecule has 1 aliphatic rings. The van der Waals surface area contributed by atoms with Crippen LogP contribution in [0.1, 0.15) is 40.5 Å². The van der Waals surface area contributed by atoms with Crippen molar-refractivity contribution in [3.8, 4) is 0 Å². The maximum atomic E-state index is 11.6. The zero-order valence-electron chi connectivity index (χ0n) is 12.6. The molecule has 0 radical (unpaired) electrons. The van der Waals surface area contributed by atoms with Gasteiger partial charge in [-0.1, -0.05) is 0 Å². The molecule has 0 bridgehead atoms. The molecule has 1 heterocycles. The second-order valence-electron chi connectivity index (χ2n) is 6.26. The van der Waals surface area contributed by atoms with Crippen molar-refractivity contribution in [1.29, 1.82) is 0 Å². The fourth-order valence-electron chi connectivity index (χ4n) is 2.01. The molecule has 0 spiro atoms. The van der Waals surface area contributed by atoms with E-state index in [1.807, 2.05) is 27.7 Å². The molecule has 0 aliphatic carbocycles. The highest BCUT2D eigenvalue weighted by atomic mass is 16.6. The van der Waals surface area contributed by atoms with Crippen molar-refractivity contribution < 1.29 is 14.3 Å². The Hall–Kier alpha value is -0.810. The van der Waals surface area contributed by atoms with Crippen LogP contribution in [-0.4, -0.2) is 44.0 Å². The molecule has 0 aromatic heterocycles. The van der Waals surface area contributed by atoms with Crippen molar-refractivity contribution >= 4 is 6.09 Å². The van der Waals surface area contributed by atoms with Gasteiger partial charge in [-0.25, -0.2) is 4.79 Å². The fourth-order valence-corrected chi connectivity index (χ4v) is 2.01. The van der Waals surface area contributed by atoms with Gasteiger partial charge in [-0.15, -0.1) is 0 Å². The van der Waals surface area contributed by atoms with E-state index >= 15 is 0 Å². The van der Waals surface area contributed by atoms with E-state index in [1.165, 1.54) is 0 Å². The number of nitrogens with one attached hydrogen (secondary N) is 2. The first-order valence-electron chi connectivity index (χ1n) is 7.15. The minimum absolute atomic E-state index is 0.0645. The average Bonchev–Trinajstić information content (AvgIpc) is 2.27. The third kappa shape index (κ3) is 8.06. The topological polar surface area (TPSA) is 59.6 Å². The quantitative estimate of drug-likeness (QED) is 0.802. The van der Waals surface area contributed by atoms with Gasteiger partial charge in [-0.2, -0.15) is 0 Å². The molecular formula is C14H28N2O3. The van der Waals surface area contributed by atoms with Gasteiger partial charge in [-0.3, -0.25) is 0 Å². The lowest BCUT2D eigenvalue weighted by atomic mass is 10.0. The highest BCUT2D eigenvalue weighted by Crippen LogP contribution is 2.13. The minimum atomic E-state index is -0.445. The molecular weight excluding hydrogens is 244 g/mol. The lowest BCUT2D eigenvalue weighted by Crippen LogP contribution is -2.43. The van der Waals surface area contributed by atoms with E-state index in [4.69, 9.17) is 9.47 Å². The Balaban J connectivity index is 2.10. The predicted molar refractivity (Wildman–Crippen MR) is 75.2 cm³/mol. The standard InChI is InChI=1S/C14H28N2O3/c1-11(16-13(17)19-14(2,3)4)9-15-10-12-5-7-18-8-6-12/h11-12,15H,5-10H2,1-4H3,(H,16,17). The van der Waals surface area contributed by atoms with Crippen molar-refractivity contribution in [2.75, 3.05) is 26.3 Å². The Morgan fingerprint density at radius 1 is 1.37 bits per heavy atom. The Morgan fingerprint density at radius 2 is 2.00 bits per heavy atom. The molecule has 1 unspecified atom stereocenters. The smallest absolute Gasteiger partial charge is 0.407 e. The van der Waals surface area contributed by atoms with Gasteiger partial charge >= 0.3 is 6.09 Å². The number of hydrogen-bond acceptors (Lipinski definition) is 4. The minimum Gasteiger partial charge on any atom is -0.444 e. The zero-order chi connectivity index (χ0) is 14.3. The van der Waals surface area contributed by atoms with Gasteiger partial charge in [0.1, 0.15) is 5.60 Å². The lowest BCUT2D eigenvalue weighted by molar-refractivity contribution is 0.0506. The summed E-state index contributed by atoms with van der Waals surface area (Å²) in [6.07, 6.45) is 1.90. The summed E-state index contributed by atoms with van der Waals surface area (Å²) in [6, 6.07) is 0.0645. The van der Waals surface area contributed by atoms with Gasteiger partial charge in [0.05, 0.1) is 0 Å². The highest BCUT2D eigenvalue weighted by molar-refractivity contribution is 5.68. The first-order valence-corrected chi connectivity index (χ1v) is 7.15. The van der Waals surface area contributed by atoms with Crippen LogP contribution in [0.25, 0.3) is 0 Å². The maximum Gasteiger partial charge on any atom is 0.407 e.